The number of nitro benzene ring substituents is 1. The molecule has 2 heterocycles. The lowest BCUT2D eigenvalue weighted by Gasteiger charge is -2.18. The summed E-state index contributed by atoms with van der Waals surface area (Å²) in [7, 11) is 0. The first-order valence-electron chi connectivity index (χ1n) is 8.30. The molecule has 0 radical (unpaired) electrons. The van der Waals surface area contributed by atoms with E-state index < -0.39 is 29.0 Å². The number of Topliss-reactive ketones (excluding diaryl/α,β-unsaturated/α-hetero) is 1. The predicted octanol–water partition coefficient (Wildman–Crippen LogP) is 3.15. The molecule has 0 fully saturated rings. The van der Waals surface area contributed by atoms with Crippen LogP contribution < -0.4 is 9.47 Å². The number of esters is 1. The molecule has 9 heteroatoms. The van der Waals surface area contributed by atoms with E-state index in [0.29, 0.717) is 5.58 Å². The molecule has 142 valence electrons. The van der Waals surface area contributed by atoms with Crippen LogP contribution in [0.2, 0.25) is 0 Å². The summed E-state index contributed by atoms with van der Waals surface area (Å²) in [5.74, 6) is -1.18. The van der Waals surface area contributed by atoms with Gasteiger partial charge in [0.15, 0.2) is 23.9 Å². The van der Waals surface area contributed by atoms with Crippen molar-refractivity contribution in [2.24, 2.45) is 0 Å². The van der Waals surface area contributed by atoms with Crippen molar-refractivity contribution in [3.05, 3.63) is 63.9 Å². The van der Waals surface area contributed by atoms with Gasteiger partial charge in [-0.2, -0.15) is 0 Å². The zero-order valence-corrected chi connectivity index (χ0v) is 14.4. The standard InChI is InChI=1S/C19H13NO8/c21-14(16-7-11-3-1-2-4-15(11)28-16)10-27-19(22)12-8-17-18(26-6-5-25-17)9-13(12)20(23)24/h1-4,7-9H,5-6,10H2. The van der Waals surface area contributed by atoms with E-state index >= 15 is 0 Å². The number of rotatable bonds is 5. The fourth-order valence-electron chi connectivity index (χ4n) is 2.79. The Labute approximate surface area is 157 Å². The Morgan fingerprint density at radius 3 is 2.50 bits per heavy atom. The maximum absolute atomic E-state index is 12.4. The molecule has 0 amide bonds. The maximum Gasteiger partial charge on any atom is 0.345 e. The highest BCUT2D eigenvalue weighted by atomic mass is 16.6. The van der Waals surface area contributed by atoms with Crippen LogP contribution in [0.3, 0.4) is 0 Å². The van der Waals surface area contributed by atoms with Gasteiger partial charge in [-0.15, -0.1) is 0 Å². The van der Waals surface area contributed by atoms with Crippen molar-refractivity contribution < 1.29 is 33.1 Å². The Kier molecular flexibility index (Phi) is 4.40. The van der Waals surface area contributed by atoms with E-state index in [1.54, 1.807) is 24.3 Å². The summed E-state index contributed by atoms with van der Waals surface area (Å²) < 4.78 is 21.0. The topological polar surface area (TPSA) is 118 Å². The van der Waals surface area contributed by atoms with Crippen molar-refractivity contribution in [1.29, 1.82) is 0 Å². The van der Waals surface area contributed by atoms with E-state index in [1.807, 2.05) is 0 Å². The minimum atomic E-state index is -1.02. The summed E-state index contributed by atoms with van der Waals surface area (Å²) in [5, 5.41) is 12.0. The monoisotopic (exact) mass is 383 g/mol. The highest BCUT2D eigenvalue weighted by Crippen LogP contribution is 2.36. The molecule has 0 aliphatic carbocycles. The molecule has 0 spiro atoms. The second kappa shape index (κ2) is 7.03. The summed E-state index contributed by atoms with van der Waals surface area (Å²) in [6, 6.07) is 10.9. The minimum Gasteiger partial charge on any atom is -0.486 e. The quantitative estimate of drug-likeness (QED) is 0.285. The number of ketones is 1. The van der Waals surface area contributed by atoms with Crippen LogP contribution in [-0.4, -0.2) is 36.5 Å². The highest BCUT2D eigenvalue weighted by molar-refractivity contribution is 6.01. The van der Waals surface area contributed by atoms with Crippen LogP contribution in [0.25, 0.3) is 11.0 Å². The fraction of sp³-hybridized carbons (Fsp3) is 0.158. The molecule has 3 aromatic rings. The summed E-state index contributed by atoms with van der Waals surface area (Å²) in [6.45, 7) is -0.117. The average Bonchev–Trinajstić information content (AvgIpc) is 3.15. The normalized spacial score (nSPS) is 12.6. The van der Waals surface area contributed by atoms with Gasteiger partial charge in [0.1, 0.15) is 24.4 Å². The van der Waals surface area contributed by atoms with Crippen molar-refractivity contribution >= 4 is 28.4 Å². The molecule has 1 aromatic heterocycles. The fourth-order valence-corrected chi connectivity index (χ4v) is 2.79. The number of fused-ring (bicyclic) bond motifs is 2. The molecule has 2 aromatic carbocycles. The molecule has 1 aliphatic rings. The molecular formula is C19H13NO8. The number of hydrogen-bond acceptors (Lipinski definition) is 8. The van der Waals surface area contributed by atoms with Gasteiger partial charge in [-0.1, -0.05) is 18.2 Å². The Morgan fingerprint density at radius 2 is 1.79 bits per heavy atom. The van der Waals surface area contributed by atoms with Gasteiger partial charge in [-0.05, 0) is 12.1 Å². The number of ether oxygens (including phenoxy) is 3. The van der Waals surface area contributed by atoms with Crippen LogP contribution in [0.5, 0.6) is 11.5 Å². The lowest BCUT2D eigenvalue weighted by atomic mass is 10.1. The van der Waals surface area contributed by atoms with E-state index in [1.165, 1.54) is 12.1 Å². The molecule has 28 heavy (non-hydrogen) atoms. The van der Waals surface area contributed by atoms with Gasteiger partial charge in [0.25, 0.3) is 5.69 Å². The van der Waals surface area contributed by atoms with Crippen molar-refractivity contribution in [2.45, 2.75) is 0 Å². The number of furan rings is 1. The van der Waals surface area contributed by atoms with Crippen molar-refractivity contribution in [2.75, 3.05) is 19.8 Å². The van der Waals surface area contributed by atoms with Crippen LogP contribution in [-0.2, 0) is 4.74 Å². The number of para-hydroxylation sites is 1. The van der Waals surface area contributed by atoms with E-state index in [9.17, 15) is 19.7 Å². The molecule has 0 atom stereocenters. The number of benzene rings is 2. The SMILES string of the molecule is O=C(COC(=O)c1cc2c(cc1[N+](=O)[O-])OCCO2)c1cc2ccccc2o1. The van der Waals surface area contributed by atoms with Crippen LogP contribution in [0.15, 0.2) is 46.9 Å². The molecule has 0 saturated carbocycles. The van der Waals surface area contributed by atoms with Crippen LogP contribution in [0.1, 0.15) is 20.9 Å². The van der Waals surface area contributed by atoms with E-state index in [4.69, 9.17) is 18.6 Å². The highest BCUT2D eigenvalue weighted by Gasteiger charge is 2.28. The first-order valence-corrected chi connectivity index (χ1v) is 8.30. The van der Waals surface area contributed by atoms with Crippen LogP contribution in [0, 0.1) is 10.1 Å². The lowest BCUT2D eigenvalue weighted by molar-refractivity contribution is -0.385. The molecular weight excluding hydrogens is 370 g/mol. The van der Waals surface area contributed by atoms with Crippen molar-refractivity contribution in [1.82, 2.24) is 0 Å². The Hall–Kier alpha value is -3.88. The van der Waals surface area contributed by atoms with Gasteiger partial charge in [-0.3, -0.25) is 14.9 Å². The molecule has 4 rings (SSSR count). The molecule has 0 unspecified atom stereocenters. The summed E-state index contributed by atoms with van der Waals surface area (Å²) in [5.41, 5.74) is -0.295. The molecule has 0 bridgehead atoms. The smallest absolute Gasteiger partial charge is 0.345 e. The zero-order valence-electron chi connectivity index (χ0n) is 14.4. The largest absolute Gasteiger partial charge is 0.486 e. The van der Waals surface area contributed by atoms with Crippen molar-refractivity contribution in [3.8, 4) is 11.5 Å². The van der Waals surface area contributed by atoms with Gasteiger partial charge < -0.3 is 18.6 Å². The van der Waals surface area contributed by atoms with E-state index in [-0.39, 0.29) is 36.0 Å². The summed E-state index contributed by atoms with van der Waals surface area (Å²) in [4.78, 5) is 35.2. The van der Waals surface area contributed by atoms with Gasteiger partial charge in [0.05, 0.1) is 11.0 Å². The third-order valence-electron chi connectivity index (χ3n) is 4.11. The average molecular weight is 383 g/mol. The van der Waals surface area contributed by atoms with Gasteiger partial charge in [-0.25, -0.2) is 4.79 Å². The van der Waals surface area contributed by atoms with E-state index in [0.717, 1.165) is 11.5 Å². The second-order valence-corrected chi connectivity index (χ2v) is 5.92. The zero-order chi connectivity index (χ0) is 19.7. The molecule has 0 saturated heterocycles. The van der Waals surface area contributed by atoms with E-state index in [2.05, 4.69) is 0 Å². The summed E-state index contributed by atoms with van der Waals surface area (Å²) in [6.07, 6.45) is 0. The van der Waals surface area contributed by atoms with Gasteiger partial charge >= 0.3 is 5.97 Å². The third kappa shape index (κ3) is 3.25. The van der Waals surface area contributed by atoms with Gasteiger partial charge in [0, 0.05) is 11.5 Å². The van der Waals surface area contributed by atoms with Crippen molar-refractivity contribution in [3.63, 3.8) is 0 Å². The minimum absolute atomic E-state index is 0.0330. The number of carbonyl (C=O) groups is 2. The predicted molar refractivity (Wildman–Crippen MR) is 94.9 cm³/mol. The number of nitrogens with zero attached hydrogens (tertiary/aromatic N) is 1. The molecule has 9 nitrogen and oxygen atoms in total. The van der Waals surface area contributed by atoms with Crippen LogP contribution >= 0.6 is 0 Å². The number of hydrogen-bond donors (Lipinski definition) is 0. The molecule has 1 aliphatic heterocycles. The Morgan fingerprint density at radius 1 is 1.07 bits per heavy atom. The summed E-state index contributed by atoms with van der Waals surface area (Å²) >= 11 is 0. The Balaban J connectivity index is 1.53. The first-order chi connectivity index (χ1) is 13.5. The Bertz CT molecular complexity index is 1070. The lowest BCUT2D eigenvalue weighted by Crippen LogP contribution is -2.18. The van der Waals surface area contributed by atoms with Gasteiger partial charge in [0.2, 0.25) is 5.78 Å². The maximum atomic E-state index is 12.4. The number of carbonyl (C=O) groups excluding carboxylic acids is 2. The first kappa shape index (κ1) is 17.5. The van der Waals surface area contributed by atoms with Crippen LogP contribution in [0.4, 0.5) is 5.69 Å². The molecule has 0 N–H and O–H groups in total. The third-order valence-corrected chi connectivity index (χ3v) is 4.11. The second-order valence-electron chi connectivity index (χ2n) is 5.92. The number of nitro groups is 1.